The summed E-state index contributed by atoms with van der Waals surface area (Å²) in [6, 6.07) is 9.99. The molecule has 1 aliphatic rings. The Kier molecular flexibility index (Phi) is 2.73. The SMILES string of the molecule is N=C(N)C1(OCc2ccccc2)CCC1. The molecule has 3 N–H and O–H groups in total. The Bertz CT molecular complexity index is 344. The van der Waals surface area contributed by atoms with Gasteiger partial charge in [0, 0.05) is 0 Å². The molecule has 0 atom stereocenters. The summed E-state index contributed by atoms with van der Waals surface area (Å²) in [6.45, 7) is 0.542. The molecule has 0 spiro atoms. The molecule has 2 rings (SSSR count). The average molecular weight is 204 g/mol. The van der Waals surface area contributed by atoms with Crippen LogP contribution >= 0.6 is 0 Å². The smallest absolute Gasteiger partial charge is 0.125 e. The third kappa shape index (κ3) is 2.02. The first-order chi connectivity index (χ1) is 7.23. The number of nitrogens with two attached hydrogens (primary N) is 1. The maximum absolute atomic E-state index is 7.52. The summed E-state index contributed by atoms with van der Waals surface area (Å²) in [7, 11) is 0. The number of benzene rings is 1. The van der Waals surface area contributed by atoms with E-state index < -0.39 is 5.60 Å². The van der Waals surface area contributed by atoms with Gasteiger partial charge in [0.05, 0.1) is 6.61 Å². The topological polar surface area (TPSA) is 59.1 Å². The zero-order chi connectivity index (χ0) is 10.7. The van der Waals surface area contributed by atoms with Crippen molar-refractivity contribution in [2.45, 2.75) is 31.5 Å². The van der Waals surface area contributed by atoms with Crippen molar-refractivity contribution in [3.05, 3.63) is 35.9 Å². The van der Waals surface area contributed by atoms with Crippen LogP contribution in [0.25, 0.3) is 0 Å². The van der Waals surface area contributed by atoms with Crippen molar-refractivity contribution in [2.75, 3.05) is 0 Å². The van der Waals surface area contributed by atoms with Crippen LogP contribution < -0.4 is 5.73 Å². The summed E-state index contributed by atoms with van der Waals surface area (Å²) in [5.41, 5.74) is 6.22. The second kappa shape index (κ2) is 4.03. The second-order valence-electron chi connectivity index (χ2n) is 4.04. The largest absolute Gasteiger partial charge is 0.385 e. The molecule has 0 saturated heterocycles. The molecule has 1 aromatic rings. The highest BCUT2D eigenvalue weighted by Crippen LogP contribution is 2.36. The zero-order valence-corrected chi connectivity index (χ0v) is 8.70. The predicted octanol–water partition coefficient (Wildman–Crippen LogP) is 2.06. The summed E-state index contributed by atoms with van der Waals surface area (Å²) < 4.78 is 5.76. The first-order valence-corrected chi connectivity index (χ1v) is 5.25. The molecule has 0 radical (unpaired) electrons. The summed E-state index contributed by atoms with van der Waals surface area (Å²) >= 11 is 0. The van der Waals surface area contributed by atoms with Gasteiger partial charge in [-0.3, -0.25) is 5.41 Å². The van der Waals surface area contributed by atoms with Crippen molar-refractivity contribution < 1.29 is 4.74 Å². The molecule has 0 aliphatic heterocycles. The minimum absolute atomic E-state index is 0.171. The molecule has 0 heterocycles. The molecular formula is C12H16N2O. The molecule has 3 heteroatoms. The first kappa shape index (κ1) is 10.2. The molecule has 3 nitrogen and oxygen atoms in total. The number of amidine groups is 1. The van der Waals surface area contributed by atoms with Crippen LogP contribution in [0.1, 0.15) is 24.8 Å². The standard InChI is InChI=1S/C12H16N2O/c13-11(14)12(7-4-8-12)15-9-10-5-2-1-3-6-10/h1-3,5-6H,4,7-9H2,(H3,13,14). The van der Waals surface area contributed by atoms with Crippen molar-refractivity contribution in [1.82, 2.24) is 0 Å². The molecular weight excluding hydrogens is 188 g/mol. The summed E-state index contributed by atoms with van der Waals surface area (Å²) in [5, 5.41) is 7.52. The van der Waals surface area contributed by atoms with Gasteiger partial charge in [-0.05, 0) is 24.8 Å². The van der Waals surface area contributed by atoms with Crippen molar-refractivity contribution in [3.63, 3.8) is 0 Å². The van der Waals surface area contributed by atoms with Crippen LogP contribution in [0.3, 0.4) is 0 Å². The monoisotopic (exact) mass is 204 g/mol. The highest BCUT2D eigenvalue weighted by molar-refractivity contribution is 5.87. The number of nitrogens with one attached hydrogen (secondary N) is 1. The van der Waals surface area contributed by atoms with Gasteiger partial charge in [-0.1, -0.05) is 30.3 Å². The van der Waals surface area contributed by atoms with Crippen molar-refractivity contribution in [3.8, 4) is 0 Å². The third-order valence-electron chi connectivity index (χ3n) is 3.01. The summed E-state index contributed by atoms with van der Waals surface area (Å²) in [6.07, 6.45) is 2.87. The molecule has 1 aromatic carbocycles. The van der Waals surface area contributed by atoms with Crippen LogP contribution in [0.5, 0.6) is 0 Å². The quantitative estimate of drug-likeness (QED) is 0.582. The fraction of sp³-hybridized carbons (Fsp3) is 0.417. The Labute approximate surface area is 89.8 Å². The van der Waals surface area contributed by atoms with Crippen molar-refractivity contribution >= 4 is 5.84 Å². The maximum atomic E-state index is 7.52. The van der Waals surface area contributed by atoms with Gasteiger partial charge in [-0.25, -0.2) is 0 Å². The molecule has 0 bridgehead atoms. The molecule has 80 valence electrons. The Morgan fingerprint density at radius 2 is 2.00 bits per heavy atom. The van der Waals surface area contributed by atoms with Gasteiger partial charge < -0.3 is 10.5 Å². The van der Waals surface area contributed by atoms with Gasteiger partial charge in [0.1, 0.15) is 11.4 Å². The number of hydrogen-bond acceptors (Lipinski definition) is 2. The number of hydrogen-bond donors (Lipinski definition) is 2. The van der Waals surface area contributed by atoms with E-state index in [0.717, 1.165) is 24.8 Å². The third-order valence-corrected chi connectivity index (χ3v) is 3.01. The van der Waals surface area contributed by atoms with E-state index in [2.05, 4.69) is 0 Å². The predicted molar refractivity (Wildman–Crippen MR) is 59.7 cm³/mol. The summed E-state index contributed by atoms with van der Waals surface area (Å²) in [5.74, 6) is 0.171. The lowest BCUT2D eigenvalue weighted by atomic mass is 9.79. The Morgan fingerprint density at radius 3 is 2.47 bits per heavy atom. The molecule has 1 aliphatic carbocycles. The number of ether oxygens (including phenoxy) is 1. The number of rotatable bonds is 4. The lowest BCUT2D eigenvalue weighted by Gasteiger charge is -2.40. The van der Waals surface area contributed by atoms with Crippen LogP contribution in [0.2, 0.25) is 0 Å². The molecule has 0 unspecified atom stereocenters. The minimum Gasteiger partial charge on any atom is -0.385 e. The molecule has 1 saturated carbocycles. The van der Waals surface area contributed by atoms with Gasteiger partial charge in [0.25, 0.3) is 0 Å². The van der Waals surface area contributed by atoms with E-state index in [4.69, 9.17) is 15.9 Å². The highest BCUT2D eigenvalue weighted by Gasteiger charge is 2.41. The molecule has 15 heavy (non-hydrogen) atoms. The normalized spacial score (nSPS) is 18.1. The Hall–Kier alpha value is -1.35. The highest BCUT2D eigenvalue weighted by atomic mass is 16.5. The maximum Gasteiger partial charge on any atom is 0.125 e. The van der Waals surface area contributed by atoms with Gasteiger partial charge in [0.15, 0.2) is 0 Å². The van der Waals surface area contributed by atoms with Crippen LogP contribution in [0, 0.1) is 5.41 Å². The van der Waals surface area contributed by atoms with E-state index in [-0.39, 0.29) is 5.84 Å². The van der Waals surface area contributed by atoms with E-state index in [1.165, 1.54) is 0 Å². The van der Waals surface area contributed by atoms with Crippen LogP contribution in [0.4, 0.5) is 0 Å². The zero-order valence-electron chi connectivity index (χ0n) is 8.70. The van der Waals surface area contributed by atoms with Crippen LogP contribution in [-0.4, -0.2) is 11.4 Å². The van der Waals surface area contributed by atoms with Crippen molar-refractivity contribution in [2.24, 2.45) is 5.73 Å². The van der Waals surface area contributed by atoms with Gasteiger partial charge in [0.2, 0.25) is 0 Å². The van der Waals surface area contributed by atoms with Gasteiger partial charge in [-0.15, -0.1) is 0 Å². The van der Waals surface area contributed by atoms with Crippen molar-refractivity contribution in [1.29, 1.82) is 5.41 Å². The fourth-order valence-corrected chi connectivity index (χ4v) is 1.79. The van der Waals surface area contributed by atoms with Gasteiger partial charge in [-0.2, -0.15) is 0 Å². The lowest BCUT2D eigenvalue weighted by Crippen LogP contribution is -2.51. The fourth-order valence-electron chi connectivity index (χ4n) is 1.79. The van der Waals surface area contributed by atoms with Crippen LogP contribution in [0.15, 0.2) is 30.3 Å². The van der Waals surface area contributed by atoms with E-state index in [0.29, 0.717) is 6.61 Å². The first-order valence-electron chi connectivity index (χ1n) is 5.25. The minimum atomic E-state index is -0.462. The van der Waals surface area contributed by atoms with Gasteiger partial charge >= 0.3 is 0 Å². The summed E-state index contributed by atoms with van der Waals surface area (Å²) in [4.78, 5) is 0. The van der Waals surface area contributed by atoms with E-state index in [9.17, 15) is 0 Å². The van der Waals surface area contributed by atoms with E-state index in [1.54, 1.807) is 0 Å². The van der Waals surface area contributed by atoms with Crippen LogP contribution in [-0.2, 0) is 11.3 Å². The molecule has 1 fully saturated rings. The lowest BCUT2D eigenvalue weighted by molar-refractivity contribution is -0.0579. The van der Waals surface area contributed by atoms with E-state index >= 15 is 0 Å². The molecule has 0 amide bonds. The van der Waals surface area contributed by atoms with E-state index in [1.807, 2.05) is 30.3 Å². The second-order valence-corrected chi connectivity index (χ2v) is 4.04. The Balaban J connectivity index is 1.95. The average Bonchev–Trinajstić information content (AvgIpc) is 2.17. The Morgan fingerprint density at radius 1 is 1.33 bits per heavy atom. The molecule has 0 aromatic heterocycles.